The molecule has 0 fully saturated rings. The van der Waals surface area contributed by atoms with E-state index in [1.807, 2.05) is 0 Å². The highest BCUT2D eigenvalue weighted by molar-refractivity contribution is 7.47. The SMILES string of the molecule is CCCCCCCC/C=C\CCCCCCCC(=O)OCC(O)COP(=O)(O)OCCNC(=O)CCCCCCC/C=C\CCCCCCCCC. The van der Waals surface area contributed by atoms with Crippen LogP contribution in [0.4, 0.5) is 0 Å². The van der Waals surface area contributed by atoms with Gasteiger partial charge in [0.15, 0.2) is 0 Å². The Bertz CT molecular complexity index is 912. The van der Waals surface area contributed by atoms with Crippen molar-refractivity contribution in [1.82, 2.24) is 5.32 Å². The molecule has 0 saturated carbocycles. The van der Waals surface area contributed by atoms with Crippen LogP contribution < -0.4 is 5.32 Å². The van der Waals surface area contributed by atoms with Crippen LogP contribution in [0.1, 0.15) is 200 Å². The van der Waals surface area contributed by atoms with Crippen LogP contribution in [0.5, 0.6) is 0 Å². The molecule has 0 aliphatic rings. The van der Waals surface area contributed by atoms with Crippen LogP contribution in [-0.2, 0) is 27.9 Å². The number of amides is 1. The van der Waals surface area contributed by atoms with Crippen LogP contribution in [0.2, 0.25) is 0 Å². The fourth-order valence-corrected chi connectivity index (χ4v) is 6.60. The van der Waals surface area contributed by atoms with E-state index in [9.17, 15) is 24.2 Å². The molecular weight excluding hydrogens is 677 g/mol. The molecule has 0 bridgehead atoms. The number of hydrogen-bond acceptors (Lipinski definition) is 7. The van der Waals surface area contributed by atoms with Gasteiger partial charge in [-0.25, -0.2) is 4.57 Å². The Kier molecular flexibility index (Phi) is 38.1. The van der Waals surface area contributed by atoms with Crippen LogP contribution in [0.3, 0.4) is 0 Å². The third-order valence-electron chi connectivity index (χ3n) is 9.10. The van der Waals surface area contributed by atoms with Crippen LogP contribution >= 0.6 is 7.82 Å². The van der Waals surface area contributed by atoms with Crippen LogP contribution in [-0.4, -0.2) is 54.3 Å². The largest absolute Gasteiger partial charge is 0.472 e. The van der Waals surface area contributed by atoms with E-state index in [1.165, 1.54) is 103 Å². The van der Waals surface area contributed by atoms with Crippen molar-refractivity contribution in [2.75, 3.05) is 26.4 Å². The van der Waals surface area contributed by atoms with Gasteiger partial charge in [0.2, 0.25) is 5.91 Å². The van der Waals surface area contributed by atoms with E-state index in [4.69, 9.17) is 13.8 Å². The van der Waals surface area contributed by atoms with Crippen molar-refractivity contribution < 1.29 is 37.9 Å². The molecule has 0 aromatic heterocycles. The van der Waals surface area contributed by atoms with Crippen molar-refractivity contribution in [2.24, 2.45) is 0 Å². The third-order valence-corrected chi connectivity index (χ3v) is 10.1. The summed E-state index contributed by atoms with van der Waals surface area (Å²) in [6.07, 6.45) is 41.0. The topological polar surface area (TPSA) is 131 Å². The number of phosphoric acid groups is 1. The van der Waals surface area contributed by atoms with Gasteiger partial charge < -0.3 is 20.1 Å². The van der Waals surface area contributed by atoms with Crippen molar-refractivity contribution >= 4 is 19.7 Å². The van der Waals surface area contributed by atoms with Gasteiger partial charge in [0.25, 0.3) is 0 Å². The average Bonchev–Trinajstić information content (AvgIpc) is 3.13. The maximum Gasteiger partial charge on any atom is 0.472 e. The highest BCUT2D eigenvalue weighted by Gasteiger charge is 2.23. The second-order valence-electron chi connectivity index (χ2n) is 14.3. The number of nitrogens with one attached hydrogen (secondary N) is 1. The number of allylic oxidation sites excluding steroid dienone is 4. The molecule has 52 heavy (non-hydrogen) atoms. The molecule has 3 N–H and O–H groups in total. The van der Waals surface area contributed by atoms with E-state index < -0.39 is 26.5 Å². The minimum absolute atomic E-state index is 0.0778. The first kappa shape index (κ1) is 50.5. The van der Waals surface area contributed by atoms with Gasteiger partial charge in [-0.1, -0.05) is 147 Å². The number of hydrogen-bond donors (Lipinski definition) is 3. The van der Waals surface area contributed by atoms with E-state index in [1.54, 1.807) is 0 Å². The van der Waals surface area contributed by atoms with Crippen LogP contribution in [0, 0.1) is 0 Å². The van der Waals surface area contributed by atoms with Gasteiger partial charge >= 0.3 is 13.8 Å². The number of carbonyl (C=O) groups excluding carboxylic acids is 2. The van der Waals surface area contributed by atoms with Crippen molar-refractivity contribution in [3.8, 4) is 0 Å². The molecule has 0 rings (SSSR count). The lowest BCUT2D eigenvalue weighted by Gasteiger charge is -2.15. The molecule has 0 aliphatic carbocycles. The van der Waals surface area contributed by atoms with E-state index in [0.29, 0.717) is 6.42 Å². The Morgan fingerprint density at radius 1 is 0.577 bits per heavy atom. The molecule has 306 valence electrons. The van der Waals surface area contributed by atoms with E-state index in [-0.39, 0.29) is 32.1 Å². The van der Waals surface area contributed by atoms with Gasteiger partial charge in [0.1, 0.15) is 12.7 Å². The Labute approximate surface area is 319 Å². The summed E-state index contributed by atoms with van der Waals surface area (Å²) >= 11 is 0. The normalized spacial score (nSPS) is 13.5. The summed E-state index contributed by atoms with van der Waals surface area (Å²) in [6, 6.07) is 0. The lowest BCUT2D eigenvalue weighted by Crippen LogP contribution is -2.27. The number of phosphoric ester groups is 1. The number of esters is 1. The molecule has 0 spiro atoms. The molecule has 2 atom stereocenters. The second kappa shape index (κ2) is 39.2. The maximum atomic E-state index is 12.1. The lowest BCUT2D eigenvalue weighted by molar-refractivity contribution is -0.147. The number of aliphatic hydroxyl groups excluding tert-OH is 1. The zero-order chi connectivity index (χ0) is 38.2. The van der Waals surface area contributed by atoms with E-state index in [0.717, 1.165) is 70.6 Å². The molecule has 0 heterocycles. The Morgan fingerprint density at radius 3 is 1.44 bits per heavy atom. The summed E-state index contributed by atoms with van der Waals surface area (Å²) in [7, 11) is -4.42. The second-order valence-corrected chi connectivity index (χ2v) is 15.8. The van der Waals surface area contributed by atoms with Gasteiger partial charge in [-0.15, -0.1) is 0 Å². The quantitative estimate of drug-likeness (QED) is 0.0244. The average molecular weight is 758 g/mol. The lowest BCUT2D eigenvalue weighted by atomic mass is 10.1. The standard InChI is InChI=1S/C42H80NO8P/c1-3-5-7-9-11-13-15-17-19-21-22-24-26-28-30-32-34-41(45)43-36-37-50-52(47,48)51-39-40(44)38-49-42(46)35-33-31-29-27-25-23-20-18-16-14-12-10-8-6-4-2/h18-21,40,44H,3-17,22-39H2,1-2H3,(H,43,45)(H,47,48)/b20-18-,21-19-. The number of rotatable bonds is 40. The number of ether oxygens (including phenoxy) is 1. The number of aliphatic hydroxyl groups is 1. The van der Waals surface area contributed by atoms with Gasteiger partial charge in [0, 0.05) is 19.4 Å². The maximum absolute atomic E-state index is 12.1. The molecule has 1 amide bonds. The monoisotopic (exact) mass is 758 g/mol. The zero-order valence-corrected chi connectivity index (χ0v) is 34.4. The smallest absolute Gasteiger partial charge is 0.463 e. The molecule has 0 aromatic rings. The predicted octanol–water partition coefficient (Wildman–Crippen LogP) is 11.6. The fraction of sp³-hybridized carbons (Fsp3) is 0.857. The Balaban J connectivity index is 3.61. The minimum Gasteiger partial charge on any atom is -0.463 e. The van der Waals surface area contributed by atoms with Gasteiger partial charge in [-0.2, -0.15) is 0 Å². The summed E-state index contributed by atoms with van der Waals surface area (Å²) < 4.78 is 26.8. The van der Waals surface area contributed by atoms with Crippen molar-refractivity contribution in [3.63, 3.8) is 0 Å². The summed E-state index contributed by atoms with van der Waals surface area (Å²) in [5.74, 6) is -0.530. The molecule has 0 aromatic carbocycles. The first-order valence-electron chi connectivity index (χ1n) is 21.3. The molecule has 9 nitrogen and oxygen atoms in total. The molecule has 0 radical (unpaired) electrons. The highest BCUT2D eigenvalue weighted by atomic mass is 31.2. The first-order chi connectivity index (χ1) is 25.3. The van der Waals surface area contributed by atoms with Gasteiger partial charge in [0.05, 0.1) is 13.2 Å². The fourth-order valence-electron chi connectivity index (χ4n) is 5.84. The minimum atomic E-state index is -4.42. The summed E-state index contributed by atoms with van der Waals surface area (Å²) in [5.41, 5.74) is 0. The molecular formula is C42H80NO8P. The molecule has 10 heteroatoms. The summed E-state index contributed by atoms with van der Waals surface area (Å²) in [5, 5.41) is 12.7. The van der Waals surface area contributed by atoms with Crippen molar-refractivity contribution in [1.29, 1.82) is 0 Å². The number of carbonyl (C=O) groups is 2. The van der Waals surface area contributed by atoms with Gasteiger partial charge in [-0.3, -0.25) is 18.6 Å². The van der Waals surface area contributed by atoms with Crippen LogP contribution in [0.15, 0.2) is 24.3 Å². The Hall–Kier alpha value is -1.51. The van der Waals surface area contributed by atoms with Crippen molar-refractivity contribution in [3.05, 3.63) is 24.3 Å². The summed E-state index contributed by atoms with van der Waals surface area (Å²) in [6.45, 7) is 3.53. The van der Waals surface area contributed by atoms with Crippen molar-refractivity contribution in [2.45, 2.75) is 206 Å². The zero-order valence-electron chi connectivity index (χ0n) is 33.5. The van der Waals surface area contributed by atoms with Crippen LogP contribution in [0.25, 0.3) is 0 Å². The molecule has 0 aliphatic heterocycles. The van der Waals surface area contributed by atoms with E-state index in [2.05, 4.69) is 43.5 Å². The van der Waals surface area contributed by atoms with E-state index >= 15 is 0 Å². The Morgan fingerprint density at radius 2 is 0.981 bits per heavy atom. The third kappa shape index (κ3) is 39.7. The number of unbranched alkanes of at least 4 members (excludes halogenated alkanes) is 23. The first-order valence-corrected chi connectivity index (χ1v) is 22.8. The molecule has 2 unspecified atom stereocenters. The van der Waals surface area contributed by atoms with Gasteiger partial charge in [-0.05, 0) is 64.2 Å². The summed E-state index contributed by atoms with van der Waals surface area (Å²) in [4.78, 5) is 33.9. The highest BCUT2D eigenvalue weighted by Crippen LogP contribution is 2.42. The molecule has 0 saturated heterocycles. The predicted molar refractivity (Wildman–Crippen MR) is 215 cm³/mol.